The topological polar surface area (TPSA) is 100 Å². The number of ether oxygens (including phenoxy) is 1. The molecule has 0 spiro atoms. The molecule has 8 nitrogen and oxygen atoms in total. The summed E-state index contributed by atoms with van der Waals surface area (Å²) in [7, 11) is 0. The molecule has 3 aromatic rings. The third kappa shape index (κ3) is 4.43. The Morgan fingerprint density at radius 1 is 1.21 bits per heavy atom. The normalized spacial score (nSPS) is 17.0. The van der Waals surface area contributed by atoms with E-state index in [1.807, 2.05) is 18.2 Å². The monoisotopic (exact) mass is 477 g/mol. The molecule has 9 heteroatoms. The van der Waals surface area contributed by atoms with Gasteiger partial charge in [-0.3, -0.25) is 14.2 Å². The van der Waals surface area contributed by atoms with Crippen molar-refractivity contribution in [1.82, 2.24) is 14.9 Å². The minimum Gasteiger partial charge on any atom is -0.381 e. The number of piperidine rings is 1. The van der Waals surface area contributed by atoms with Gasteiger partial charge in [0, 0.05) is 37.7 Å². The zero-order valence-corrected chi connectivity index (χ0v) is 19.8. The van der Waals surface area contributed by atoms with Gasteiger partial charge in [0.1, 0.15) is 10.2 Å². The van der Waals surface area contributed by atoms with Crippen LogP contribution in [-0.2, 0) is 11.3 Å². The van der Waals surface area contributed by atoms with Gasteiger partial charge in [0.2, 0.25) is 5.95 Å². The van der Waals surface area contributed by atoms with E-state index in [4.69, 9.17) is 9.72 Å². The molecule has 176 valence electrons. The van der Waals surface area contributed by atoms with Crippen molar-refractivity contribution < 1.29 is 9.53 Å². The number of rotatable bonds is 5. The van der Waals surface area contributed by atoms with E-state index in [0.717, 1.165) is 50.8 Å². The molecule has 0 radical (unpaired) electrons. The van der Waals surface area contributed by atoms with Crippen LogP contribution in [0.25, 0.3) is 10.2 Å². The molecule has 2 saturated heterocycles. The van der Waals surface area contributed by atoms with Crippen LogP contribution in [0.15, 0.2) is 34.4 Å². The van der Waals surface area contributed by atoms with Gasteiger partial charge in [0.05, 0.1) is 23.7 Å². The first-order valence-electron chi connectivity index (χ1n) is 11.8. The lowest BCUT2D eigenvalue weighted by atomic mass is 10.1. The van der Waals surface area contributed by atoms with Crippen LogP contribution in [0.5, 0.6) is 0 Å². The highest BCUT2D eigenvalue weighted by molar-refractivity contribution is 7.17. The predicted octanol–water partition coefficient (Wildman–Crippen LogP) is 3.28. The van der Waals surface area contributed by atoms with Crippen molar-refractivity contribution in [2.24, 2.45) is 0 Å². The fourth-order valence-corrected chi connectivity index (χ4v) is 5.60. The lowest BCUT2D eigenvalue weighted by Gasteiger charge is -2.30. The second-order valence-corrected chi connectivity index (χ2v) is 9.69. The summed E-state index contributed by atoms with van der Waals surface area (Å²) in [4.78, 5) is 33.9. The van der Waals surface area contributed by atoms with Crippen LogP contribution in [0.1, 0.15) is 53.6 Å². The Hall–Kier alpha value is -3.22. The van der Waals surface area contributed by atoms with Gasteiger partial charge in [0.15, 0.2) is 0 Å². The Morgan fingerprint density at radius 2 is 1.97 bits per heavy atom. The van der Waals surface area contributed by atoms with Crippen LogP contribution in [-0.4, -0.2) is 47.8 Å². The van der Waals surface area contributed by atoms with Crippen LogP contribution in [0, 0.1) is 11.3 Å². The number of benzene rings is 1. The van der Waals surface area contributed by atoms with Gasteiger partial charge < -0.3 is 15.0 Å². The number of amides is 1. The maximum atomic E-state index is 13.7. The summed E-state index contributed by atoms with van der Waals surface area (Å²) in [6.45, 7) is 3.17. The lowest BCUT2D eigenvalue weighted by Crippen LogP contribution is -2.39. The third-order valence-corrected chi connectivity index (χ3v) is 7.52. The highest BCUT2D eigenvalue weighted by atomic mass is 32.1. The van der Waals surface area contributed by atoms with E-state index in [1.165, 1.54) is 11.3 Å². The Bertz CT molecular complexity index is 1300. The van der Waals surface area contributed by atoms with Gasteiger partial charge in [0.25, 0.3) is 11.5 Å². The first-order valence-corrected chi connectivity index (χ1v) is 12.7. The van der Waals surface area contributed by atoms with Crippen LogP contribution in [0.4, 0.5) is 5.95 Å². The second-order valence-electron chi connectivity index (χ2n) is 8.81. The Labute approximate surface area is 201 Å². The maximum absolute atomic E-state index is 13.7. The molecule has 0 atom stereocenters. The summed E-state index contributed by atoms with van der Waals surface area (Å²) in [6, 6.07) is 9.62. The number of carbonyl (C=O) groups is 1. The molecule has 0 aliphatic carbocycles. The number of fused-ring (bicyclic) bond motifs is 1. The molecule has 4 heterocycles. The SMILES string of the molecule is N#Cc1ccccc1Cn1c(N2CCCCC2)nc2c(C(=O)NC3CCOCC3)csc2c1=O. The Kier molecular flexibility index (Phi) is 6.61. The second kappa shape index (κ2) is 9.95. The number of carbonyl (C=O) groups excluding carboxylic acids is 1. The first kappa shape index (κ1) is 22.6. The summed E-state index contributed by atoms with van der Waals surface area (Å²) in [5, 5.41) is 14.4. The highest BCUT2D eigenvalue weighted by Crippen LogP contribution is 2.27. The van der Waals surface area contributed by atoms with Crippen molar-refractivity contribution in [2.75, 3.05) is 31.2 Å². The average molecular weight is 478 g/mol. The number of hydrogen-bond acceptors (Lipinski definition) is 7. The van der Waals surface area contributed by atoms with Crippen molar-refractivity contribution in [2.45, 2.75) is 44.7 Å². The molecule has 1 amide bonds. The van der Waals surface area contributed by atoms with Gasteiger partial charge in [-0.2, -0.15) is 5.26 Å². The largest absolute Gasteiger partial charge is 0.381 e. The fraction of sp³-hybridized carbons (Fsp3) is 0.440. The van der Waals surface area contributed by atoms with E-state index >= 15 is 0 Å². The molecule has 2 fully saturated rings. The first-order chi connectivity index (χ1) is 16.7. The maximum Gasteiger partial charge on any atom is 0.273 e. The summed E-state index contributed by atoms with van der Waals surface area (Å²) in [6.07, 6.45) is 4.78. The summed E-state index contributed by atoms with van der Waals surface area (Å²) in [5.74, 6) is 0.380. The van der Waals surface area contributed by atoms with Crippen molar-refractivity contribution in [3.63, 3.8) is 0 Å². The average Bonchev–Trinajstić information content (AvgIpc) is 3.31. The summed E-state index contributed by atoms with van der Waals surface area (Å²) >= 11 is 1.26. The molecule has 34 heavy (non-hydrogen) atoms. The van der Waals surface area contributed by atoms with E-state index in [9.17, 15) is 14.9 Å². The van der Waals surface area contributed by atoms with E-state index in [-0.39, 0.29) is 24.1 Å². The fourth-order valence-electron chi connectivity index (χ4n) is 4.67. The Morgan fingerprint density at radius 3 is 2.74 bits per heavy atom. The van der Waals surface area contributed by atoms with Crippen molar-refractivity contribution >= 4 is 33.4 Å². The van der Waals surface area contributed by atoms with Crippen LogP contribution in [0.2, 0.25) is 0 Å². The number of anilines is 1. The van der Waals surface area contributed by atoms with Crippen molar-refractivity contribution in [3.8, 4) is 6.07 Å². The highest BCUT2D eigenvalue weighted by Gasteiger charge is 2.25. The molecule has 2 aliphatic heterocycles. The van der Waals surface area contributed by atoms with Gasteiger partial charge >= 0.3 is 0 Å². The molecule has 0 bridgehead atoms. The zero-order chi connectivity index (χ0) is 23.5. The zero-order valence-electron chi connectivity index (χ0n) is 19.0. The van der Waals surface area contributed by atoms with Gasteiger partial charge in [-0.15, -0.1) is 11.3 Å². The number of thiophene rings is 1. The minimum absolute atomic E-state index is 0.0700. The molecular weight excluding hydrogens is 450 g/mol. The summed E-state index contributed by atoms with van der Waals surface area (Å²) < 4.78 is 7.52. The number of nitriles is 1. The third-order valence-electron chi connectivity index (χ3n) is 6.56. The lowest BCUT2D eigenvalue weighted by molar-refractivity contribution is 0.0697. The quantitative estimate of drug-likeness (QED) is 0.605. The predicted molar refractivity (Wildman–Crippen MR) is 132 cm³/mol. The standard InChI is InChI=1S/C25H27N5O3S/c26-14-17-6-2-3-7-18(17)15-30-24(32)22-21(28-25(30)29-10-4-1-5-11-29)20(16-34-22)23(31)27-19-8-12-33-13-9-19/h2-3,6-7,16,19H,1,4-5,8-13,15H2,(H,27,31). The molecule has 1 N–H and O–H groups in total. The molecule has 5 rings (SSSR count). The molecule has 2 aliphatic rings. The number of aromatic nitrogens is 2. The van der Waals surface area contributed by atoms with Crippen LogP contribution < -0.4 is 15.8 Å². The molecule has 1 aromatic carbocycles. The molecule has 0 unspecified atom stereocenters. The molecule has 2 aromatic heterocycles. The van der Waals surface area contributed by atoms with Crippen molar-refractivity contribution in [3.05, 3.63) is 56.7 Å². The van der Waals surface area contributed by atoms with Crippen molar-refractivity contribution in [1.29, 1.82) is 5.26 Å². The van der Waals surface area contributed by atoms with Gasteiger partial charge in [-0.25, -0.2) is 4.98 Å². The molecule has 0 saturated carbocycles. The minimum atomic E-state index is -0.192. The molecular formula is C25H27N5O3S. The van der Waals surface area contributed by atoms with Gasteiger partial charge in [-0.1, -0.05) is 18.2 Å². The number of nitrogens with one attached hydrogen (secondary N) is 1. The van der Waals surface area contributed by atoms with E-state index in [1.54, 1.807) is 16.0 Å². The Balaban J connectivity index is 1.57. The van der Waals surface area contributed by atoms with Crippen LogP contribution in [0.3, 0.4) is 0 Å². The summed E-state index contributed by atoms with van der Waals surface area (Å²) in [5.41, 5.74) is 2.06. The van der Waals surface area contributed by atoms with E-state index in [0.29, 0.717) is 40.5 Å². The van der Waals surface area contributed by atoms with E-state index < -0.39 is 0 Å². The smallest absolute Gasteiger partial charge is 0.273 e. The van der Waals surface area contributed by atoms with Crippen LogP contribution >= 0.6 is 11.3 Å². The number of nitrogens with zero attached hydrogens (tertiary/aromatic N) is 4. The number of hydrogen-bond donors (Lipinski definition) is 1. The van der Waals surface area contributed by atoms with E-state index in [2.05, 4.69) is 16.3 Å². The van der Waals surface area contributed by atoms with Gasteiger partial charge in [-0.05, 0) is 43.7 Å².